The van der Waals surface area contributed by atoms with E-state index in [2.05, 4.69) is 33.9 Å². The van der Waals surface area contributed by atoms with Gasteiger partial charge in [-0.05, 0) is 18.1 Å². The molecule has 0 aromatic carbocycles. The van der Waals surface area contributed by atoms with E-state index >= 15 is 0 Å². The summed E-state index contributed by atoms with van der Waals surface area (Å²) in [5.41, 5.74) is 0. The fourth-order valence-corrected chi connectivity index (χ4v) is 2.15. The molecule has 0 unspecified atom stereocenters. The van der Waals surface area contributed by atoms with Crippen LogP contribution in [0.25, 0.3) is 0 Å². The maximum absolute atomic E-state index is 11.2. The minimum absolute atomic E-state index is 0.138. The van der Waals surface area contributed by atoms with Crippen LogP contribution in [0.3, 0.4) is 0 Å². The first-order valence-corrected chi connectivity index (χ1v) is 8.92. The van der Waals surface area contributed by atoms with E-state index in [1.807, 2.05) is 6.92 Å². The van der Waals surface area contributed by atoms with Gasteiger partial charge in [0.15, 0.2) is 14.6 Å². The van der Waals surface area contributed by atoms with Crippen LogP contribution in [-0.2, 0) is 14.0 Å². The highest BCUT2D eigenvalue weighted by Gasteiger charge is 2.39. The average molecular weight is 246 g/mol. The maximum Gasteiger partial charge on any atom is 0.307 e. The number of esters is 1. The zero-order chi connectivity index (χ0) is 13.0. The van der Waals surface area contributed by atoms with Crippen molar-refractivity contribution in [1.82, 2.24) is 0 Å². The second-order valence-electron chi connectivity index (χ2n) is 5.56. The van der Waals surface area contributed by atoms with E-state index in [4.69, 9.17) is 9.16 Å². The third kappa shape index (κ3) is 4.66. The summed E-state index contributed by atoms with van der Waals surface area (Å²) < 4.78 is 11.3. The summed E-state index contributed by atoms with van der Waals surface area (Å²) >= 11 is 0. The van der Waals surface area contributed by atoms with E-state index in [0.717, 1.165) is 0 Å². The smallest absolute Gasteiger partial charge is 0.307 e. The zero-order valence-corrected chi connectivity index (χ0v) is 12.7. The van der Waals surface area contributed by atoms with Gasteiger partial charge in [0.05, 0.1) is 0 Å². The normalized spacial score (nSPS) is 14.7. The number of carbonyl (C=O) groups is 1. The summed E-state index contributed by atoms with van der Waals surface area (Å²) in [6, 6.07) is 0. The van der Waals surface area contributed by atoms with Gasteiger partial charge in [-0.15, -0.1) is 0 Å². The lowest BCUT2D eigenvalue weighted by molar-refractivity contribution is -0.165. The van der Waals surface area contributed by atoms with Gasteiger partial charge in [0.1, 0.15) is 0 Å². The molecule has 0 saturated heterocycles. The van der Waals surface area contributed by atoms with Crippen LogP contribution in [0.2, 0.25) is 18.1 Å². The molecule has 0 aliphatic heterocycles. The molecule has 0 aromatic heterocycles. The number of hydrogen-bond donors (Lipinski definition) is 0. The first-order valence-electron chi connectivity index (χ1n) is 6.01. The molecule has 1 atom stereocenters. The minimum Gasteiger partial charge on any atom is -0.437 e. The van der Waals surface area contributed by atoms with Gasteiger partial charge < -0.3 is 9.16 Å². The number of ether oxygens (including phenoxy) is 1. The Morgan fingerprint density at radius 1 is 1.25 bits per heavy atom. The van der Waals surface area contributed by atoms with Crippen molar-refractivity contribution in [2.45, 2.75) is 71.9 Å². The van der Waals surface area contributed by atoms with E-state index in [1.54, 1.807) is 6.92 Å². The quantitative estimate of drug-likeness (QED) is 0.421. The molecule has 16 heavy (non-hydrogen) atoms. The fourth-order valence-electron chi connectivity index (χ4n) is 0.926. The van der Waals surface area contributed by atoms with E-state index in [-0.39, 0.29) is 17.3 Å². The van der Waals surface area contributed by atoms with Crippen molar-refractivity contribution in [1.29, 1.82) is 0 Å². The molecule has 0 aliphatic carbocycles. The zero-order valence-electron chi connectivity index (χ0n) is 11.7. The lowest BCUT2D eigenvalue weighted by atomic mass is 10.2. The molecule has 0 N–H and O–H groups in total. The van der Waals surface area contributed by atoms with E-state index in [9.17, 15) is 4.79 Å². The summed E-state index contributed by atoms with van der Waals surface area (Å²) in [6.07, 6.45) is 0.726. The highest BCUT2D eigenvalue weighted by molar-refractivity contribution is 6.74. The minimum atomic E-state index is -1.85. The van der Waals surface area contributed by atoms with Crippen LogP contribution in [0.5, 0.6) is 0 Å². The fraction of sp³-hybridized carbons (Fsp3) is 0.917. The Bertz CT molecular complexity index is 231. The molecule has 0 aromatic rings. The summed E-state index contributed by atoms with van der Waals surface area (Å²) in [5, 5.41) is 0.138. The van der Waals surface area contributed by atoms with Crippen LogP contribution in [0, 0.1) is 0 Å². The predicted molar refractivity (Wildman–Crippen MR) is 68.7 cm³/mol. The predicted octanol–water partition coefficient (Wildman–Crippen LogP) is 3.70. The summed E-state index contributed by atoms with van der Waals surface area (Å²) in [5.74, 6) is -0.189. The van der Waals surface area contributed by atoms with E-state index in [1.165, 1.54) is 0 Å². The van der Waals surface area contributed by atoms with Gasteiger partial charge in [0, 0.05) is 12.8 Å². The Hall–Kier alpha value is -0.353. The van der Waals surface area contributed by atoms with Gasteiger partial charge in [-0.1, -0.05) is 34.6 Å². The standard InChI is InChI=1S/C12H26O3Si/c1-8-10(13)14-11(9-2)15-16(6,7)12(3,4)5/h11H,8-9H2,1-7H3/t11-/m0/s1. The van der Waals surface area contributed by atoms with E-state index < -0.39 is 8.32 Å². The Morgan fingerprint density at radius 3 is 2.06 bits per heavy atom. The van der Waals surface area contributed by atoms with Crippen molar-refractivity contribution >= 4 is 14.3 Å². The topological polar surface area (TPSA) is 35.5 Å². The number of hydrogen-bond acceptors (Lipinski definition) is 3. The molecular weight excluding hydrogens is 220 g/mol. The van der Waals surface area contributed by atoms with Crippen LogP contribution in [0.4, 0.5) is 0 Å². The molecule has 0 spiro atoms. The molecular formula is C12H26O3Si. The maximum atomic E-state index is 11.2. The Labute approximate surface area is 101 Å². The van der Waals surface area contributed by atoms with Crippen LogP contribution in [0.15, 0.2) is 0 Å². The molecule has 0 radical (unpaired) electrons. The van der Waals surface area contributed by atoms with Crippen LogP contribution >= 0.6 is 0 Å². The first-order chi connectivity index (χ1) is 7.14. The molecule has 0 fully saturated rings. The highest BCUT2D eigenvalue weighted by atomic mass is 28.4. The van der Waals surface area contributed by atoms with Gasteiger partial charge in [-0.2, -0.15) is 0 Å². The van der Waals surface area contributed by atoms with Gasteiger partial charge in [0.25, 0.3) is 0 Å². The molecule has 0 bridgehead atoms. The first kappa shape index (κ1) is 15.6. The van der Waals surface area contributed by atoms with Crippen LogP contribution in [-0.4, -0.2) is 20.6 Å². The van der Waals surface area contributed by atoms with Crippen molar-refractivity contribution in [3.63, 3.8) is 0 Å². The largest absolute Gasteiger partial charge is 0.437 e. The Kier molecular flexibility index (Phi) is 5.69. The second-order valence-corrected chi connectivity index (χ2v) is 10.3. The van der Waals surface area contributed by atoms with Crippen molar-refractivity contribution in [2.24, 2.45) is 0 Å². The molecule has 0 rings (SSSR count). The van der Waals surface area contributed by atoms with Gasteiger partial charge in [-0.3, -0.25) is 4.79 Å². The Morgan fingerprint density at radius 2 is 1.75 bits per heavy atom. The highest BCUT2D eigenvalue weighted by Crippen LogP contribution is 2.37. The number of rotatable bonds is 5. The Balaban J connectivity index is 4.48. The average Bonchev–Trinajstić information content (AvgIpc) is 2.14. The van der Waals surface area contributed by atoms with Gasteiger partial charge in [-0.25, -0.2) is 0 Å². The lowest BCUT2D eigenvalue weighted by Gasteiger charge is -2.38. The molecule has 0 aliphatic rings. The van der Waals surface area contributed by atoms with E-state index in [0.29, 0.717) is 12.8 Å². The van der Waals surface area contributed by atoms with Crippen LogP contribution < -0.4 is 0 Å². The second kappa shape index (κ2) is 5.82. The third-order valence-corrected chi connectivity index (χ3v) is 7.58. The molecule has 4 heteroatoms. The van der Waals surface area contributed by atoms with Crippen molar-refractivity contribution in [2.75, 3.05) is 0 Å². The summed E-state index contributed by atoms with van der Waals surface area (Å²) in [7, 11) is -1.85. The third-order valence-electron chi connectivity index (χ3n) is 3.12. The van der Waals surface area contributed by atoms with Crippen molar-refractivity contribution < 1.29 is 14.0 Å². The monoisotopic (exact) mass is 246 g/mol. The van der Waals surface area contributed by atoms with Crippen molar-refractivity contribution in [3.8, 4) is 0 Å². The van der Waals surface area contributed by atoms with Gasteiger partial charge >= 0.3 is 5.97 Å². The molecule has 0 heterocycles. The summed E-state index contributed by atoms with van der Waals surface area (Å²) in [6.45, 7) is 14.6. The SMILES string of the molecule is CCC(=O)O[C@H](CC)O[Si](C)(C)C(C)(C)C. The molecule has 0 amide bonds. The number of carbonyl (C=O) groups excluding carboxylic acids is 1. The molecule has 96 valence electrons. The lowest BCUT2D eigenvalue weighted by Crippen LogP contribution is -2.44. The summed E-state index contributed by atoms with van der Waals surface area (Å²) in [4.78, 5) is 11.2. The molecule has 0 saturated carbocycles. The van der Waals surface area contributed by atoms with Gasteiger partial charge in [0.2, 0.25) is 0 Å². The van der Waals surface area contributed by atoms with Crippen molar-refractivity contribution in [3.05, 3.63) is 0 Å². The molecule has 3 nitrogen and oxygen atoms in total. The van der Waals surface area contributed by atoms with Crippen LogP contribution in [0.1, 0.15) is 47.5 Å².